The van der Waals surface area contributed by atoms with Crippen LogP contribution in [0.2, 0.25) is 0 Å². The molecule has 1 aromatic heterocycles. The van der Waals surface area contributed by atoms with E-state index in [-0.39, 0.29) is 11.4 Å². The zero-order valence-corrected chi connectivity index (χ0v) is 12.7. The Morgan fingerprint density at radius 3 is 2.62 bits per heavy atom. The van der Waals surface area contributed by atoms with Crippen molar-refractivity contribution in [3.05, 3.63) is 48.5 Å². The van der Waals surface area contributed by atoms with Gasteiger partial charge in [0, 0.05) is 11.6 Å². The summed E-state index contributed by atoms with van der Waals surface area (Å²) in [6, 6.07) is 9.32. The Balaban J connectivity index is 1.78. The van der Waals surface area contributed by atoms with E-state index in [1.165, 1.54) is 10.9 Å². The van der Waals surface area contributed by atoms with Crippen molar-refractivity contribution in [3.8, 4) is 5.75 Å². The average Bonchev–Trinajstić information content (AvgIpc) is 2.94. The predicted molar refractivity (Wildman–Crippen MR) is 81.7 cm³/mol. The molecule has 2 aromatic rings. The summed E-state index contributed by atoms with van der Waals surface area (Å²) in [4.78, 5) is 16.2. The van der Waals surface area contributed by atoms with E-state index in [0.29, 0.717) is 13.2 Å². The van der Waals surface area contributed by atoms with Crippen LogP contribution in [0.3, 0.4) is 0 Å². The molecule has 5 nitrogen and oxygen atoms in total. The second-order valence-corrected chi connectivity index (χ2v) is 5.81. The first-order valence-corrected chi connectivity index (χ1v) is 6.97. The molecule has 0 saturated carbocycles. The van der Waals surface area contributed by atoms with E-state index in [1.807, 2.05) is 30.3 Å². The molecule has 0 aliphatic rings. The fourth-order valence-corrected chi connectivity index (χ4v) is 1.76. The molecular formula is C16H21N3O2. The van der Waals surface area contributed by atoms with E-state index in [4.69, 9.17) is 4.74 Å². The highest BCUT2D eigenvalue weighted by molar-refractivity contribution is 5.76. The van der Waals surface area contributed by atoms with Crippen molar-refractivity contribution in [2.45, 2.75) is 26.2 Å². The summed E-state index contributed by atoms with van der Waals surface area (Å²) in [6.07, 6.45) is 3.29. The number of benzene rings is 1. The van der Waals surface area contributed by atoms with Gasteiger partial charge in [0.15, 0.2) is 0 Å². The molecule has 0 aliphatic carbocycles. The number of ether oxygens (including phenoxy) is 1. The number of imidazole rings is 1. The minimum absolute atomic E-state index is 0.0675. The van der Waals surface area contributed by atoms with Crippen LogP contribution < -0.4 is 10.1 Å². The minimum atomic E-state index is -0.199. The number of hydrogen-bond donors (Lipinski definition) is 1. The topological polar surface area (TPSA) is 56.2 Å². The number of carbonyl (C=O) groups is 1. The summed E-state index contributed by atoms with van der Waals surface area (Å²) in [5.74, 6) is 0.796. The number of para-hydroxylation sites is 1. The molecule has 0 radical (unpaired) electrons. The third-order valence-electron chi connectivity index (χ3n) is 2.98. The molecule has 0 aliphatic heterocycles. The number of nitrogens with one attached hydrogen (secondary N) is 1. The van der Waals surface area contributed by atoms with E-state index in [9.17, 15) is 4.79 Å². The Morgan fingerprint density at radius 2 is 2.00 bits per heavy atom. The molecular weight excluding hydrogens is 266 g/mol. The number of hydrogen-bond acceptors (Lipinski definition) is 3. The Morgan fingerprint density at radius 1 is 1.29 bits per heavy atom. The summed E-state index contributed by atoms with van der Waals surface area (Å²) >= 11 is 0. The average molecular weight is 287 g/mol. The van der Waals surface area contributed by atoms with E-state index in [1.54, 1.807) is 6.20 Å². The van der Waals surface area contributed by atoms with Gasteiger partial charge in [-0.2, -0.15) is 0 Å². The van der Waals surface area contributed by atoms with Crippen LogP contribution in [0.4, 0.5) is 4.79 Å². The van der Waals surface area contributed by atoms with E-state index in [2.05, 4.69) is 31.1 Å². The van der Waals surface area contributed by atoms with Gasteiger partial charge in [-0.3, -0.25) is 4.57 Å². The Labute approximate surface area is 125 Å². The SMILES string of the molecule is CC(C)(C)c1cn(C(=O)NCCOc2ccccc2)cn1. The normalized spacial score (nSPS) is 11.2. The van der Waals surface area contributed by atoms with Gasteiger partial charge in [-0.05, 0) is 12.1 Å². The van der Waals surface area contributed by atoms with Gasteiger partial charge in [-0.1, -0.05) is 39.0 Å². The second-order valence-electron chi connectivity index (χ2n) is 5.81. The third-order valence-corrected chi connectivity index (χ3v) is 2.98. The van der Waals surface area contributed by atoms with Crippen LogP contribution in [0.1, 0.15) is 26.5 Å². The van der Waals surface area contributed by atoms with Gasteiger partial charge in [-0.15, -0.1) is 0 Å². The number of amides is 1. The summed E-state index contributed by atoms with van der Waals surface area (Å²) in [5.41, 5.74) is 0.820. The van der Waals surface area contributed by atoms with Crippen molar-refractivity contribution in [2.75, 3.05) is 13.2 Å². The lowest BCUT2D eigenvalue weighted by atomic mass is 9.93. The lowest BCUT2D eigenvalue weighted by Crippen LogP contribution is -2.31. The highest BCUT2D eigenvalue weighted by atomic mass is 16.5. The lowest BCUT2D eigenvalue weighted by molar-refractivity contribution is 0.238. The molecule has 1 aromatic carbocycles. The van der Waals surface area contributed by atoms with Gasteiger partial charge in [0.25, 0.3) is 0 Å². The largest absolute Gasteiger partial charge is 0.492 e. The van der Waals surface area contributed by atoms with E-state index < -0.39 is 0 Å². The molecule has 5 heteroatoms. The lowest BCUT2D eigenvalue weighted by Gasteiger charge is -2.14. The molecule has 2 rings (SSSR count). The first kappa shape index (κ1) is 15.1. The summed E-state index contributed by atoms with van der Waals surface area (Å²) < 4.78 is 6.97. The summed E-state index contributed by atoms with van der Waals surface area (Å²) in [7, 11) is 0. The fraction of sp³-hybridized carbons (Fsp3) is 0.375. The summed E-state index contributed by atoms with van der Waals surface area (Å²) in [6.45, 7) is 7.05. The van der Waals surface area contributed by atoms with Gasteiger partial charge >= 0.3 is 6.03 Å². The zero-order valence-electron chi connectivity index (χ0n) is 12.7. The van der Waals surface area contributed by atoms with Crippen LogP contribution in [-0.4, -0.2) is 28.7 Å². The van der Waals surface area contributed by atoms with Gasteiger partial charge in [0.05, 0.1) is 12.2 Å². The first-order valence-electron chi connectivity index (χ1n) is 6.97. The smallest absolute Gasteiger partial charge is 0.326 e. The second kappa shape index (κ2) is 6.43. The predicted octanol–water partition coefficient (Wildman–Crippen LogP) is 2.82. The molecule has 0 spiro atoms. The van der Waals surface area contributed by atoms with Crippen LogP contribution in [0.5, 0.6) is 5.75 Å². The minimum Gasteiger partial charge on any atom is -0.492 e. The molecule has 0 bridgehead atoms. The van der Waals surface area contributed by atoms with Crippen LogP contribution in [0, 0.1) is 0 Å². The molecule has 1 N–H and O–H groups in total. The number of carbonyl (C=O) groups excluding carboxylic acids is 1. The van der Waals surface area contributed by atoms with Gasteiger partial charge < -0.3 is 10.1 Å². The Bertz CT molecular complexity index is 585. The van der Waals surface area contributed by atoms with E-state index >= 15 is 0 Å². The Hall–Kier alpha value is -2.30. The van der Waals surface area contributed by atoms with Crippen molar-refractivity contribution in [3.63, 3.8) is 0 Å². The molecule has 21 heavy (non-hydrogen) atoms. The first-order chi connectivity index (χ1) is 9.97. The van der Waals surface area contributed by atoms with Crippen LogP contribution in [-0.2, 0) is 5.41 Å². The van der Waals surface area contributed by atoms with Crippen molar-refractivity contribution < 1.29 is 9.53 Å². The molecule has 1 heterocycles. The van der Waals surface area contributed by atoms with Gasteiger partial charge in [0.2, 0.25) is 0 Å². The number of aromatic nitrogens is 2. The maximum absolute atomic E-state index is 12.0. The highest BCUT2D eigenvalue weighted by Crippen LogP contribution is 2.19. The van der Waals surface area contributed by atoms with Gasteiger partial charge in [0.1, 0.15) is 18.7 Å². The van der Waals surface area contributed by atoms with E-state index in [0.717, 1.165) is 11.4 Å². The highest BCUT2D eigenvalue weighted by Gasteiger charge is 2.18. The molecule has 0 fully saturated rings. The standard InChI is InChI=1S/C16H21N3O2/c1-16(2,3)14-11-19(12-18-14)15(20)17-9-10-21-13-7-5-4-6-8-13/h4-8,11-12H,9-10H2,1-3H3,(H,17,20). The number of nitrogens with zero attached hydrogens (tertiary/aromatic N) is 2. The van der Waals surface area contributed by atoms with Crippen molar-refractivity contribution in [2.24, 2.45) is 0 Å². The fourth-order valence-electron chi connectivity index (χ4n) is 1.76. The van der Waals surface area contributed by atoms with Crippen LogP contribution >= 0.6 is 0 Å². The number of rotatable bonds is 4. The van der Waals surface area contributed by atoms with Crippen molar-refractivity contribution in [1.29, 1.82) is 0 Å². The molecule has 1 amide bonds. The third kappa shape index (κ3) is 4.34. The molecule has 0 atom stereocenters. The van der Waals surface area contributed by atoms with Crippen LogP contribution in [0.15, 0.2) is 42.9 Å². The monoisotopic (exact) mass is 287 g/mol. The van der Waals surface area contributed by atoms with Crippen molar-refractivity contribution in [1.82, 2.24) is 14.9 Å². The molecule has 112 valence electrons. The van der Waals surface area contributed by atoms with Crippen LogP contribution in [0.25, 0.3) is 0 Å². The quantitative estimate of drug-likeness (QED) is 0.880. The van der Waals surface area contributed by atoms with Gasteiger partial charge in [-0.25, -0.2) is 9.78 Å². The Kier molecular flexibility index (Phi) is 4.62. The maximum atomic E-state index is 12.0. The maximum Gasteiger partial charge on any atom is 0.326 e. The summed E-state index contributed by atoms with van der Waals surface area (Å²) in [5, 5.41) is 2.79. The zero-order chi connectivity index (χ0) is 15.3. The molecule has 0 unspecified atom stereocenters. The van der Waals surface area contributed by atoms with Crippen molar-refractivity contribution >= 4 is 6.03 Å². The molecule has 0 saturated heterocycles.